The number of phenolic OH excluding ortho intramolecular Hbond substituents is 1. The lowest BCUT2D eigenvalue weighted by Crippen LogP contribution is -2.39. The highest BCUT2D eigenvalue weighted by Gasteiger charge is 2.56. The lowest BCUT2D eigenvalue weighted by molar-refractivity contribution is -0.173. The zero-order valence-corrected chi connectivity index (χ0v) is 17.1. The number of carbonyl (C=O) groups is 4. The molecule has 4 aliphatic rings. The zero-order chi connectivity index (χ0) is 21.3. The summed E-state index contributed by atoms with van der Waals surface area (Å²) in [4.78, 5) is 50.9. The Labute approximate surface area is 179 Å². The topological polar surface area (TPSA) is 112 Å². The molecule has 1 heterocycles. The number of benzene rings is 1. The second kappa shape index (κ2) is 6.58. The molecule has 152 valence electrons. The lowest BCUT2D eigenvalue weighted by Gasteiger charge is -2.42. The zero-order valence-electron chi connectivity index (χ0n) is 15.5. The molecule has 1 saturated heterocycles. The Morgan fingerprint density at radius 1 is 1.07 bits per heavy atom. The normalized spacial score (nSPS) is 30.7. The third-order valence-electron chi connectivity index (χ3n) is 6.51. The monoisotopic (exact) mass is 469 g/mol. The SMILES string of the molecule is O=C1C=C(Br)C(=O)C2=C1[C@@H](c1cccc(O)c1)C1=CC[C@@H]3C(=O)N(O)C(=O)[C@@H]3[C@@H]1C2. The fourth-order valence-corrected chi connectivity index (χ4v) is 5.72. The van der Waals surface area contributed by atoms with E-state index in [-0.39, 0.29) is 39.7 Å². The number of hydrogen-bond acceptors (Lipinski definition) is 6. The molecule has 5 rings (SSSR count). The maximum Gasteiger partial charge on any atom is 0.257 e. The Kier molecular flexibility index (Phi) is 4.20. The van der Waals surface area contributed by atoms with Crippen molar-refractivity contribution in [2.24, 2.45) is 17.8 Å². The summed E-state index contributed by atoms with van der Waals surface area (Å²) in [6, 6.07) is 6.46. The van der Waals surface area contributed by atoms with E-state index in [4.69, 9.17) is 0 Å². The number of amides is 2. The minimum atomic E-state index is -0.788. The number of halogens is 1. The van der Waals surface area contributed by atoms with Crippen molar-refractivity contribution in [1.82, 2.24) is 5.06 Å². The standard InChI is InChI=1S/C22H16BrNO6/c23-15-8-16(26)19-14(20(15)27)7-13-11(17(19)9-2-1-3-10(25)6-9)4-5-12-18(13)22(29)24(30)21(12)28/h1-4,6,8,12-13,17-18,25,30H,5,7H2/t12-,13+,17-,18-/m0/s1. The molecule has 0 aromatic heterocycles. The molecule has 7 nitrogen and oxygen atoms in total. The molecule has 0 bridgehead atoms. The van der Waals surface area contributed by atoms with Crippen LogP contribution in [0, 0.1) is 17.8 Å². The number of hydroxylamine groups is 2. The maximum atomic E-state index is 12.9. The molecule has 1 aromatic rings. The molecule has 0 unspecified atom stereocenters. The summed E-state index contributed by atoms with van der Waals surface area (Å²) in [5.41, 5.74) is 2.04. The van der Waals surface area contributed by atoms with Gasteiger partial charge in [-0.3, -0.25) is 24.4 Å². The average Bonchev–Trinajstić information content (AvgIpc) is 2.95. The van der Waals surface area contributed by atoms with E-state index in [2.05, 4.69) is 15.9 Å². The van der Waals surface area contributed by atoms with Crippen LogP contribution in [0.1, 0.15) is 24.3 Å². The van der Waals surface area contributed by atoms with Crippen molar-refractivity contribution >= 4 is 39.3 Å². The molecular weight excluding hydrogens is 454 g/mol. The third kappa shape index (κ3) is 2.53. The first kappa shape index (κ1) is 19.1. The second-order valence-electron chi connectivity index (χ2n) is 7.98. The molecular formula is C22H16BrNO6. The first-order valence-electron chi connectivity index (χ1n) is 9.54. The largest absolute Gasteiger partial charge is 0.508 e. The van der Waals surface area contributed by atoms with Crippen molar-refractivity contribution in [2.75, 3.05) is 0 Å². The van der Waals surface area contributed by atoms with Gasteiger partial charge in [-0.25, -0.2) is 0 Å². The molecule has 4 atom stereocenters. The third-order valence-corrected chi connectivity index (χ3v) is 7.10. The summed E-state index contributed by atoms with van der Waals surface area (Å²) in [6.07, 6.45) is 3.50. The molecule has 1 aliphatic heterocycles. The van der Waals surface area contributed by atoms with Crippen LogP contribution < -0.4 is 0 Å². The van der Waals surface area contributed by atoms with Crippen LogP contribution in [-0.4, -0.2) is 38.8 Å². The van der Waals surface area contributed by atoms with Crippen molar-refractivity contribution in [3.05, 3.63) is 63.2 Å². The summed E-state index contributed by atoms with van der Waals surface area (Å²) in [5.74, 6) is -4.51. The Balaban J connectivity index is 1.72. The number of carbonyl (C=O) groups excluding carboxylic acids is 4. The van der Waals surface area contributed by atoms with Gasteiger partial charge in [0.25, 0.3) is 11.8 Å². The molecule has 3 aliphatic carbocycles. The van der Waals surface area contributed by atoms with Crippen LogP contribution in [0.5, 0.6) is 5.75 Å². The van der Waals surface area contributed by atoms with Gasteiger partial charge in [-0.1, -0.05) is 23.8 Å². The maximum absolute atomic E-state index is 12.9. The van der Waals surface area contributed by atoms with E-state index in [0.29, 0.717) is 16.7 Å². The van der Waals surface area contributed by atoms with Gasteiger partial charge in [0.05, 0.1) is 16.3 Å². The van der Waals surface area contributed by atoms with Crippen LogP contribution in [0.4, 0.5) is 0 Å². The average molecular weight is 470 g/mol. The predicted molar refractivity (Wildman–Crippen MR) is 106 cm³/mol. The second-order valence-corrected chi connectivity index (χ2v) is 8.83. The molecule has 1 fully saturated rings. The predicted octanol–water partition coefficient (Wildman–Crippen LogP) is 2.54. The minimum absolute atomic E-state index is 0.0195. The minimum Gasteiger partial charge on any atom is -0.508 e. The van der Waals surface area contributed by atoms with Crippen LogP contribution in [-0.2, 0) is 19.2 Å². The number of fused-ring (bicyclic) bond motifs is 3. The van der Waals surface area contributed by atoms with Gasteiger partial charge in [-0.15, -0.1) is 0 Å². The molecule has 0 spiro atoms. The number of aromatic hydroxyl groups is 1. The van der Waals surface area contributed by atoms with Gasteiger partial charge in [-0.2, -0.15) is 5.06 Å². The van der Waals surface area contributed by atoms with E-state index in [9.17, 15) is 29.5 Å². The van der Waals surface area contributed by atoms with E-state index in [1.807, 2.05) is 6.08 Å². The number of allylic oxidation sites excluding steroid dienone is 6. The van der Waals surface area contributed by atoms with Crippen molar-refractivity contribution < 1.29 is 29.5 Å². The Hall–Kier alpha value is -2.84. The van der Waals surface area contributed by atoms with E-state index in [1.54, 1.807) is 12.1 Å². The fourth-order valence-electron chi connectivity index (χ4n) is 5.27. The van der Waals surface area contributed by atoms with Crippen molar-refractivity contribution in [2.45, 2.75) is 18.8 Å². The van der Waals surface area contributed by atoms with Gasteiger partial charge < -0.3 is 5.11 Å². The summed E-state index contributed by atoms with van der Waals surface area (Å²) >= 11 is 3.15. The van der Waals surface area contributed by atoms with E-state index in [0.717, 1.165) is 5.57 Å². The van der Waals surface area contributed by atoms with Crippen LogP contribution in [0.25, 0.3) is 0 Å². The number of nitrogens with zero attached hydrogens (tertiary/aromatic N) is 1. The van der Waals surface area contributed by atoms with Crippen LogP contribution in [0.15, 0.2) is 57.6 Å². The summed E-state index contributed by atoms with van der Waals surface area (Å²) in [7, 11) is 0. The number of Topliss-reactive ketones (excluding diaryl/α,β-unsaturated/α-hetero) is 1. The molecule has 30 heavy (non-hydrogen) atoms. The van der Waals surface area contributed by atoms with Gasteiger partial charge in [0, 0.05) is 23.1 Å². The van der Waals surface area contributed by atoms with Crippen LogP contribution in [0.3, 0.4) is 0 Å². The van der Waals surface area contributed by atoms with Gasteiger partial charge >= 0.3 is 0 Å². The Bertz CT molecular complexity index is 1150. The number of phenols is 1. The highest BCUT2D eigenvalue weighted by atomic mass is 79.9. The van der Waals surface area contributed by atoms with Crippen molar-refractivity contribution in [3.63, 3.8) is 0 Å². The van der Waals surface area contributed by atoms with Crippen molar-refractivity contribution in [1.29, 1.82) is 0 Å². The number of rotatable bonds is 1. The highest BCUT2D eigenvalue weighted by Crippen LogP contribution is 2.55. The Morgan fingerprint density at radius 3 is 2.57 bits per heavy atom. The number of imide groups is 1. The summed E-state index contributed by atoms with van der Waals surface area (Å²) in [6.45, 7) is 0. The molecule has 1 aromatic carbocycles. The number of ketones is 2. The molecule has 0 radical (unpaired) electrons. The lowest BCUT2D eigenvalue weighted by atomic mass is 9.59. The highest BCUT2D eigenvalue weighted by molar-refractivity contribution is 9.12. The summed E-state index contributed by atoms with van der Waals surface area (Å²) in [5, 5.41) is 20.1. The quantitative estimate of drug-likeness (QED) is 0.283. The van der Waals surface area contributed by atoms with E-state index < -0.39 is 35.5 Å². The Morgan fingerprint density at radius 2 is 1.83 bits per heavy atom. The first-order valence-corrected chi connectivity index (χ1v) is 10.3. The molecule has 2 N–H and O–H groups in total. The first-order chi connectivity index (χ1) is 14.3. The molecule has 0 saturated carbocycles. The molecule has 2 amide bonds. The van der Waals surface area contributed by atoms with Crippen molar-refractivity contribution in [3.8, 4) is 5.75 Å². The smallest absolute Gasteiger partial charge is 0.257 e. The molecule has 8 heteroatoms. The summed E-state index contributed by atoms with van der Waals surface area (Å²) < 4.78 is 0.151. The van der Waals surface area contributed by atoms with Gasteiger partial charge in [0.2, 0.25) is 0 Å². The van der Waals surface area contributed by atoms with Gasteiger partial charge in [-0.05, 0) is 52.4 Å². The number of hydrogen-bond donors (Lipinski definition) is 2. The van der Waals surface area contributed by atoms with Crippen LogP contribution in [0.2, 0.25) is 0 Å². The fraction of sp³-hybridized carbons (Fsp3) is 0.273. The van der Waals surface area contributed by atoms with Gasteiger partial charge in [0.15, 0.2) is 11.6 Å². The van der Waals surface area contributed by atoms with E-state index in [1.165, 1.54) is 18.2 Å². The van der Waals surface area contributed by atoms with Gasteiger partial charge in [0.1, 0.15) is 5.75 Å². The van der Waals surface area contributed by atoms with Crippen LogP contribution >= 0.6 is 15.9 Å². The van der Waals surface area contributed by atoms with E-state index >= 15 is 0 Å².